The van der Waals surface area contributed by atoms with Crippen LogP contribution in [0, 0.1) is 0 Å². The van der Waals surface area contributed by atoms with E-state index in [9.17, 15) is 17.4 Å². The summed E-state index contributed by atoms with van der Waals surface area (Å²) in [6.07, 6.45) is -1.47. The molecule has 3 atom stereocenters. The fourth-order valence-electron chi connectivity index (χ4n) is 4.70. The van der Waals surface area contributed by atoms with Gasteiger partial charge >= 0.3 is 6.18 Å². The number of rotatable bonds is 8. The monoisotopic (exact) mass is 581 g/mol. The number of pyridine rings is 1. The van der Waals surface area contributed by atoms with Crippen molar-refractivity contribution in [2.45, 2.75) is 42.8 Å². The standard InChI is InChI=1S/C30H30F3N5O2S/c1-4-20(3)41(39)23-10-8-22(9-11-23)35-29-24-12-7-21(28-25(30(31,32)33)6-5-13-34-28)16-26(24)36-27(37-29)18-38-14-15-40-19(2)17-38/h4-13,16,19-20H,1,14-15,17-18H2,2-3H3,(H,35,36,37)/t19-,20?,41?/m0/s1. The first-order valence-corrected chi connectivity index (χ1v) is 14.4. The summed E-state index contributed by atoms with van der Waals surface area (Å²) in [6.45, 7) is 10.1. The molecule has 5 rings (SSSR count). The predicted molar refractivity (Wildman–Crippen MR) is 154 cm³/mol. The van der Waals surface area contributed by atoms with Gasteiger partial charge in [-0.05, 0) is 62.4 Å². The maximum Gasteiger partial charge on any atom is 0.418 e. The first kappa shape index (κ1) is 28.8. The Morgan fingerprint density at radius 1 is 1.20 bits per heavy atom. The van der Waals surface area contributed by atoms with E-state index in [1.165, 1.54) is 12.3 Å². The van der Waals surface area contributed by atoms with Crippen LogP contribution in [-0.4, -0.2) is 55.1 Å². The van der Waals surface area contributed by atoms with Crippen LogP contribution in [0.3, 0.4) is 0 Å². The number of alkyl halides is 3. The number of hydrogen-bond acceptors (Lipinski definition) is 7. The van der Waals surface area contributed by atoms with Gasteiger partial charge < -0.3 is 10.1 Å². The van der Waals surface area contributed by atoms with Crippen molar-refractivity contribution in [3.05, 3.63) is 84.8 Å². The molecule has 2 aromatic heterocycles. The molecule has 0 amide bonds. The van der Waals surface area contributed by atoms with E-state index in [2.05, 4.69) is 21.8 Å². The van der Waals surface area contributed by atoms with E-state index in [0.29, 0.717) is 46.2 Å². The number of nitrogens with one attached hydrogen (secondary N) is 1. The van der Waals surface area contributed by atoms with Crippen LogP contribution in [0.1, 0.15) is 25.2 Å². The van der Waals surface area contributed by atoms with Crippen molar-refractivity contribution < 1.29 is 22.1 Å². The zero-order chi connectivity index (χ0) is 29.1. The van der Waals surface area contributed by atoms with E-state index < -0.39 is 22.5 Å². The minimum absolute atomic E-state index is 0.0752. The van der Waals surface area contributed by atoms with Gasteiger partial charge in [0.1, 0.15) is 11.6 Å². The average molecular weight is 582 g/mol. The van der Waals surface area contributed by atoms with E-state index in [0.717, 1.165) is 24.8 Å². The van der Waals surface area contributed by atoms with Crippen LogP contribution in [0.5, 0.6) is 0 Å². The summed E-state index contributed by atoms with van der Waals surface area (Å²) in [5.74, 6) is 1.05. The number of halogens is 3. The van der Waals surface area contributed by atoms with Crippen LogP contribution in [0.2, 0.25) is 0 Å². The molecule has 0 bridgehead atoms. The molecular formula is C30H30F3N5O2S. The Balaban J connectivity index is 1.54. The zero-order valence-corrected chi connectivity index (χ0v) is 23.5. The number of ether oxygens (including phenoxy) is 1. The molecule has 2 aromatic carbocycles. The molecule has 0 aliphatic carbocycles. The predicted octanol–water partition coefficient (Wildman–Crippen LogP) is 6.36. The second-order valence-electron chi connectivity index (χ2n) is 9.92. The molecular weight excluding hydrogens is 551 g/mol. The van der Waals surface area contributed by atoms with Crippen LogP contribution < -0.4 is 5.32 Å². The molecule has 1 saturated heterocycles. The second-order valence-corrected chi connectivity index (χ2v) is 11.7. The minimum atomic E-state index is -4.55. The lowest BCUT2D eigenvalue weighted by Gasteiger charge is -2.30. The number of aromatic nitrogens is 3. The van der Waals surface area contributed by atoms with Crippen molar-refractivity contribution in [1.82, 2.24) is 19.9 Å². The highest BCUT2D eigenvalue weighted by Gasteiger charge is 2.34. The Morgan fingerprint density at radius 2 is 1.98 bits per heavy atom. The van der Waals surface area contributed by atoms with Gasteiger partial charge in [-0.15, -0.1) is 6.58 Å². The lowest BCUT2D eigenvalue weighted by Crippen LogP contribution is -2.40. The molecule has 3 heterocycles. The van der Waals surface area contributed by atoms with Gasteiger partial charge in [0.05, 0.1) is 52.1 Å². The molecule has 2 unspecified atom stereocenters. The number of anilines is 2. The van der Waals surface area contributed by atoms with Crippen molar-refractivity contribution in [1.29, 1.82) is 0 Å². The third-order valence-corrected chi connectivity index (χ3v) is 8.44. The Hall–Kier alpha value is -3.67. The van der Waals surface area contributed by atoms with Crippen LogP contribution in [0.4, 0.5) is 24.7 Å². The number of morpholine rings is 1. The maximum atomic E-state index is 13.7. The van der Waals surface area contributed by atoms with Crippen molar-refractivity contribution in [2.24, 2.45) is 0 Å². The maximum absolute atomic E-state index is 13.7. The molecule has 7 nitrogen and oxygen atoms in total. The summed E-state index contributed by atoms with van der Waals surface area (Å²) < 4.78 is 59.5. The molecule has 0 radical (unpaired) electrons. The summed E-state index contributed by atoms with van der Waals surface area (Å²) in [6, 6.07) is 14.4. The lowest BCUT2D eigenvalue weighted by molar-refractivity contribution is -0.137. The number of hydrogen-bond donors (Lipinski definition) is 1. The van der Waals surface area contributed by atoms with Gasteiger partial charge in [-0.1, -0.05) is 12.1 Å². The molecule has 214 valence electrons. The minimum Gasteiger partial charge on any atom is -0.376 e. The lowest BCUT2D eigenvalue weighted by atomic mass is 10.0. The molecule has 41 heavy (non-hydrogen) atoms. The van der Waals surface area contributed by atoms with Crippen molar-refractivity contribution in [3.8, 4) is 11.3 Å². The van der Waals surface area contributed by atoms with Crippen molar-refractivity contribution >= 4 is 33.2 Å². The third kappa shape index (κ3) is 6.64. The summed E-state index contributed by atoms with van der Waals surface area (Å²) in [7, 11) is -1.22. The number of nitrogens with zero attached hydrogens (tertiary/aromatic N) is 4. The first-order chi connectivity index (χ1) is 19.6. The molecule has 1 fully saturated rings. The Morgan fingerprint density at radius 3 is 2.68 bits per heavy atom. The van der Waals surface area contributed by atoms with E-state index in [-0.39, 0.29) is 17.0 Å². The van der Waals surface area contributed by atoms with E-state index in [1.54, 1.807) is 36.4 Å². The number of benzene rings is 2. The van der Waals surface area contributed by atoms with Crippen molar-refractivity contribution in [3.63, 3.8) is 0 Å². The van der Waals surface area contributed by atoms with Crippen LogP contribution in [-0.2, 0) is 28.3 Å². The van der Waals surface area contributed by atoms with Gasteiger partial charge in [-0.2, -0.15) is 13.2 Å². The highest BCUT2D eigenvalue weighted by molar-refractivity contribution is 7.85. The quantitative estimate of drug-likeness (QED) is 0.243. The second kappa shape index (κ2) is 12.1. The van der Waals surface area contributed by atoms with Crippen LogP contribution in [0.25, 0.3) is 22.2 Å². The molecule has 1 N–H and O–H groups in total. The van der Waals surface area contributed by atoms with Gasteiger partial charge in [-0.25, -0.2) is 9.97 Å². The fraction of sp³-hybridized carbons (Fsp3) is 0.300. The first-order valence-electron chi connectivity index (χ1n) is 13.2. The Labute approximate surface area is 238 Å². The molecule has 4 aromatic rings. The molecule has 0 spiro atoms. The Kier molecular flexibility index (Phi) is 8.48. The fourth-order valence-corrected chi connectivity index (χ4v) is 5.71. The topological polar surface area (TPSA) is 80.2 Å². The summed E-state index contributed by atoms with van der Waals surface area (Å²) in [5, 5.41) is 3.79. The van der Waals surface area contributed by atoms with Gasteiger partial charge in [0.15, 0.2) is 0 Å². The van der Waals surface area contributed by atoms with E-state index >= 15 is 0 Å². The molecule has 1 aliphatic heterocycles. The van der Waals surface area contributed by atoms with Gasteiger partial charge in [-0.3, -0.25) is 14.1 Å². The highest BCUT2D eigenvalue weighted by Crippen LogP contribution is 2.37. The SMILES string of the molecule is C=CC(C)S(=O)c1ccc(Nc2nc(CN3CCO[C@@H](C)C3)nc3cc(-c4ncccc4C(F)(F)F)ccc23)cc1. The normalized spacial score (nSPS) is 17.7. The van der Waals surface area contributed by atoms with Gasteiger partial charge in [0, 0.05) is 40.8 Å². The van der Waals surface area contributed by atoms with Gasteiger partial charge in [0.25, 0.3) is 0 Å². The van der Waals surface area contributed by atoms with Gasteiger partial charge in [0.2, 0.25) is 0 Å². The summed E-state index contributed by atoms with van der Waals surface area (Å²) in [5.41, 5.74) is 0.557. The van der Waals surface area contributed by atoms with Crippen LogP contribution >= 0.6 is 0 Å². The highest BCUT2D eigenvalue weighted by atomic mass is 32.2. The molecule has 1 aliphatic rings. The molecule has 11 heteroatoms. The largest absolute Gasteiger partial charge is 0.418 e. The average Bonchev–Trinajstić information content (AvgIpc) is 2.96. The smallest absolute Gasteiger partial charge is 0.376 e. The van der Waals surface area contributed by atoms with E-state index in [1.807, 2.05) is 26.0 Å². The number of fused-ring (bicyclic) bond motifs is 1. The van der Waals surface area contributed by atoms with E-state index in [4.69, 9.17) is 14.7 Å². The zero-order valence-electron chi connectivity index (χ0n) is 22.7. The third-order valence-electron chi connectivity index (χ3n) is 6.84. The summed E-state index contributed by atoms with van der Waals surface area (Å²) >= 11 is 0. The molecule has 0 saturated carbocycles. The summed E-state index contributed by atoms with van der Waals surface area (Å²) in [4.78, 5) is 16.5. The Bertz CT molecular complexity index is 1580. The van der Waals surface area contributed by atoms with Crippen molar-refractivity contribution in [2.75, 3.05) is 25.0 Å². The van der Waals surface area contributed by atoms with Crippen LogP contribution in [0.15, 0.2) is 78.3 Å².